The molecular formula is C17H15N3O3S. The number of nitrogen functional groups attached to an aromatic ring is 1. The Bertz CT molecular complexity index is 920. The Hall–Kier alpha value is -2.93. The van der Waals surface area contributed by atoms with Gasteiger partial charge in [0.1, 0.15) is 0 Å². The first-order chi connectivity index (χ1) is 11.5. The summed E-state index contributed by atoms with van der Waals surface area (Å²) in [7, 11) is 0. The zero-order valence-corrected chi connectivity index (χ0v) is 13.7. The number of nitrogens with one attached hydrogen (secondary N) is 1. The summed E-state index contributed by atoms with van der Waals surface area (Å²) in [5, 5.41) is 3.11. The molecule has 1 aromatic heterocycles. The molecule has 0 saturated heterocycles. The molecule has 0 fully saturated rings. The fourth-order valence-corrected chi connectivity index (χ4v) is 3.10. The number of amides is 1. The molecule has 0 radical (unpaired) electrons. The highest BCUT2D eigenvalue weighted by atomic mass is 32.1. The number of aryl methyl sites for hydroxylation is 1. The summed E-state index contributed by atoms with van der Waals surface area (Å²) >= 11 is 1.37. The van der Waals surface area contributed by atoms with Gasteiger partial charge in [-0.25, -0.2) is 9.78 Å². The third-order valence-electron chi connectivity index (χ3n) is 3.25. The normalized spacial score (nSPS) is 10.5. The van der Waals surface area contributed by atoms with Crippen LogP contribution in [0.25, 0.3) is 10.2 Å². The summed E-state index contributed by atoms with van der Waals surface area (Å²) < 4.78 is 5.97. The summed E-state index contributed by atoms with van der Waals surface area (Å²) in [5.74, 6) is -1.04. The fourth-order valence-electron chi connectivity index (χ4n) is 2.12. The number of thiazole rings is 1. The minimum atomic E-state index is -0.600. The van der Waals surface area contributed by atoms with Crippen LogP contribution in [0.4, 0.5) is 10.8 Å². The molecule has 2 aromatic carbocycles. The summed E-state index contributed by atoms with van der Waals surface area (Å²) in [6, 6.07) is 12.2. The molecule has 1 heterocycles. The molecular weight excluding hydrogens is 326 g/mol. The van der Waals surface area contributed by atoms with Crippen LogP contribution in [0, 0.1) is 6.92 Å². The van der Waals surface area contributed by atoms with Crippen LogP contribution in [-0.2, 0) is 9.53 Å². The number of fused-ring (bicyclic) bond motifs is 1. The van der Waals surface area contributed by atoms with Crippen LogP contribution >= 0.6 is 11.3 Å². The average Bonchev–Trinajstić information content (AvgIpc) is 2.93. The number of aromatic nitrogens is 1. The average molecular weight is 341 g/mol. The Morgan fingerprint density at radius 3 is 2.88 bits per heavy atom. The highest BCUT2D eigenvalue weighted by Gasteiger charge is 2.12. The Morgan fingerprint density at radius 1 is 1.25 bits per heavy atom. The smallest absolute Gasteiger partial charge is 0.338 e. The van der Waals surface area contributed by atoms with Crippen LogP contribution in [0.5, 0.6) is 0 Å². The lowest BCUT2D eigenvalue weighted by Gasteiger charge is -2.05. The number of nitrogens with zero attached hydrogens (tertiary/aromatic N) is 1. The lowest BCUT2D eigenvalue weighted by atomic mass is 10.2. The number of carbonyl (C=O) groups excluding carboxylic acids is 2. The molecule has 0 bridgehead atoms. The highest BCUT2D eigenvalue weighted by Crippen LogP contribution is 2.26. The van der Waals surface area contributed by atoms with Gasteiger partial charge in [-0.1, -0.05) is 23.5 Å². The second kappa shape index (κ2) is 6.67. The van der Waals surface area contributed by atoms with E-state index in [-0.39, 0.29) is 6.61 Å². The van der Waals surface area contributed by atoms with E-state index in [2.05, 4.69) is 10.3 Å². The van der Waals surface area contributed by atoms with Crippen molar-refractivity contribution in [1.29, 1.82) is 0 Å². The van der Waals surface area contributed by atoms with Crippen molar-refractivity contribution < 1.29 is 14.3 Å². The van der Waals surface area contributed by atoms with Crippen molar-refractivity contribution in [2.45, 2.75) is 6.92 Å². The van der Waals surface area contributed by atoms with E-state index >= 15 is 0 Å². The summed E-state index contributed by atoms with van der Waals surface area (Å²) in [4.78, 5) is 28.1. The van der Waals surface area contributed by atoms with Gasteiger partial charge in [-0.15, -0.1) is 0 Å². The molecule has 0 aliphatic carbocycles. The minimum Gasteiger partial charge on any atom is -0.452 e. The molecule has 0 saturated carbocycles. The first-order valence-corrected chi connectivity index (χ1v) is 8.02. The SMILES string of the molecule is Cc1ccc2nc(NC(=O)COC(=O)c3cccc(N)c3)sc2c1. The van der Waals surface area contributed by atoms with Gasteiger partial charge >= 0.3 is 5.97 Å². The predicted octanol–water partition coefficient (Wildman–Crippen LogP) is 2.98. The molecule has 24 heavy (non-hydrogen) atoms. The maximum atomic E-state index is 11.9. The van der Waals surface area contributed by atoms with E-state index in [9.17, 15) is 9.59 Å². The lowest BCUT2D eigenvalue weighted by molar-refractivity contribution is -0.119. The van der Waals surface area contributed by atoms with Crippen LogP contribution in [0.2, 0.25) is 0 Å². The molecule has 0 unspecified atom stereocenters. The molecule has 1 amide bonds. The lowest BCUT2D eigenvalue weighted by Crippen LogP contribution is -2.20. The van der Waals surface area contributed by atoms with Crippen LogP contribution in [0.15, 0.2) is 42.5 Å². The number of anilines is 2. The van der Waals surface area contributed by atoms with E-state index < -0.39 is 11.9 Å². The number of rotatable bonds is 4. The first-order valence-electron chi connectivity index (χ1n) is 7.21. The van der Waals surface area contributed by atoms with Crippen LogP contribution in [-0.4, -0.2) is 23.5 Å². The molecule has 6 nitrogen and oxygen atoms in total. The molecule has 122 valence electrons. The second-order valence-corrected chi connectivity index (χ2v) is 6.27. The first kappa shape index (κ1) is 15.9. The van der Waals surface area contributed by atoms with E-state index in [0.717, 1.165) is 15.8 Å². The zero-order chi connectivity index (χ0) is 17.1. The molecule has 0 atom stereocenters. The Morgan fingerprint density at radius 2 is 2.08 bits per heavy atom. The third-order valence-corrected chi connectivity index (χ3v) is 4.18. The van der Waals surface area contributed by atoms with Crippen molar-refractivity contribution in [2.75, 3.05) is 17.7 Å². The largest absolute Gasteiger partial charge is 0.452 e. The number of ether oxygens (including phenoxy) is 1. The number of hydrogen-bond donors (Lipinski definition) is 2. The standard InChI is InChI=1S/C17H15N3O3S/c1-10-5-6-13-14(7-10)24-17(19-13)20-15(21)9-23-16(22)11-3-2-4-12(18)8-11/h2-8H,9,18H2,1H3,(H,19,20,21). The minimum absolute atomic E-state index is 0.304. The molecule has 7 heteroatoms. The Labute approximate surface area is 142 Å². The molecule has 0 aliphatic heterocycles. The van der Waals surface area contributed by atoms with Crippen molar-refractivity contribution in [3.8, 4) is 0 Å². The van der Waals surface area contributed by atoms with Gasteiger partial charge in [0.2, 0.25) is 0 Å². The number of benzene rings is 2. The quantitative estimate of drug-likeness (QED) is 0.562. The highest BCUT2D eigenvalue weighted by molar-refractivity contribution is 7.22. The number of esters is 1. The van der Waals surface area contributed by atoms with Gasteiger partial charge in [-0.05, 0) is 42.8 Å². The number of hydrogen-bond acceptors (Lipinski definition) is 6. The third kappa shape index (κ3) is 3.69. The van der Waals surface area contributed by atoms with Crippen LogP contribution in [0.3, 0.4) is 0 Å². The van der Waals surface area contributed by atoms with Crippen molar-refractivity contribution in [2.24, 2.45) is 0 Å². The molecule has 0 aliphatic rings. The van der Waals surface area contributed by atoms with E-state index in [0.29, 0.717) is 16.4 Å². The van der Waals surface area contributed by atoms with Crippen molar-refractivity contribution >= 4 is 44.2 Å². The van der Waals surface area contributed by atoms with Gasteiger partial charge in [0, 0.05) is 5.69 Å². The fraction of sp³-hybridized carbons (Fsp3) is 0.118. The van der Waals surface area contributed by atoms with Gasteiger partial charge in [0.25, 0.3) is 5.91 Å². The maximum Gasteiger partial charge on any atom is 0.338 e. The van der Waals surface area contributed by atoms with Crippen LogP contribution in [0.1, 0.15) is 15.9 Å². The number of carbonyl (C=O) groups is 2. The molecule has 3 N–H and O–H groups in total. The summed E-state index contributed by atoms with van der Waals surface area (Å²) in [5.41, 5.74) is 8.31. The zero-order valence-electron chi connectivity index (χ0n) is 12.9. The van der Waals surface area contributed by atoms with Crippen molar-refractivity contribution in [3.05, 3.63) is 53.6 Å². The Kier molecular flexibility index (Phi) is 4.43. The van der Waals surface area contributed by atoms with Gasteiger partial charge in [-0.2, -0.15) is 0 Å². The summed E-state index contributed by atoms with van der Waals surface area (Å²) in [6.45, 7) is 1.61. The maximum absolute atomic E-state index is 11.9. The van der Waals surface area contributed by atoms with E-state index in [1.54, 1.807) is 18.2 Å². The predicted molar refractivity (Wildman–Crippen MR) is 94.1 cm³/mol. The van der Waals surface area contributed by atoms with Crippen molar-refractivity contribution in [3.63, 3.8) is 0 Å². The molecule has 3 rings (SSSR count). The van der Waals surface area contributed by atoms with Gasteiger partial charge in [0.15, 0.2) is 11.7 Å². The topological polar surface area (TPSA) is 94.3 Å². The van der Waals surface area contributed by atoms with Gasteiger partial charge < -0.3 is 10.5 Å². The van der Waals surface area contributed by atoms with Gasteiger partial charge in [0.05, 0.1) is 15.8 Å². The monoisotopic (exact) mass is 341 g/mol. The van der Waals surface area contributed by atoms with Crippen LogP contribution < -0.4 is 11.1 Å². The molecule has 0 spiro atoms. The van der Waals surface area contributed by atoms with E-state index in [4.69, 9.17) is 10.5 Å². The number of nitrogens with two attached hydrogens (primary N) is 1. The van der Waals surface area contributed by atoms with Crippen molar-refractivity contribution in [1.82, 2.24) is 4.98 Å². The Balaban J connectivity index is 1.59. The second-order valence-electron chi connectivity index (χ2n) is 5.24. The van der Waals surface area contributed by atoms with E-state index in [1.807, 2.05) is 25.1 Å². The summed E-state index contributed by atoms with van der Waals surface area (Å²) in [6.07, 6.45) is 0. The van der Waals surface area contributed by atoms with Gasteiger partial charge in [-0.3, -0.25) is 10.1 Å². The molecule has 3 aromatic rings. The van der Waals surface area contributed by atoms with E-state index in [1.165, 1.54) is 17.4 Å².